The van der Waals surface area contributed by atoms with Gasteiger partial charge in [-0.1, -0.05) is 17.7 Å². The van der Waals surface area contributed by atoms with Crippen LogP contribution >= 0.6 is 7.58 Å². The smallest absolute Gasteiger partial charge is 0.301 e. The van der Waals surface area contributed by atoms with Crippen LogP contribution in [0, 0.1) is 6.92 Å². The number of hydrogen-bond donors (Lipinski definition) is 2. The Kier molecular flexibility index (Phi) is 3.03. The minimum atomic E-state index is -3.92. The van der Waals surface area contributed by atoms with Gasteiger partial charge < -0.3 is 9.79 Å². The third-order valence-electron chi connectivity index (χ3n) is 1.53. The molecule has 72 valence electrons. The summed E-state index contributed by atoms with van der Waals surface area (Å²) in [5, 5.41) is 0. The summed E-state index contributed by atoms with van der Waals surface area (Å²) >= 11 is 0. The SMILES string of the molecule is Cc1ccc(S(=O)(=O)P(O)O)cc1. The van der Waals surface area contributed by atoms with Gasteiger partial charge in [-0.25, -0.2) is 8.42 Å². The van der Waals surface area contributed by atoms with Crippen molar-refractivity contribution < 1.29 is 18.2 Å². The molecule has 4 nitrogen and oxygen atoms in total. The van der Waals surface area contributed by atoms with Crippen molar-refractivity contribution in [1.82, 2.24) is 0 Å². The second kappa shape index (κ2) is 3.72. The lowest BCUT2D eigenvalue weighted by atomic mass is 10.2. The minimum absolute atomic E-state index is 0.0609. The molecule has 0 aromatic heterocycles. The lowest BCUT2D eigenvalue weighted by Crippen LogP contribution is -1.97. The van der Waals surface area contributed by atoms with Crippen molar-refractivity contribution in [1.29, 1.82) is 0 Å². The zero-order chi connectivity index (χ0) is 10.1. The Bertz CT molecular complexity index is 381. The van der Waals surface area contributed by atoms with Crippen molar-refractivity contribution in [2.45, 2.75) is 11.8 Å². The number of benzene rings is 1. The van der Waals surface area contributed by atoms with Gasteiger partial charge in [0.05, 0.1) is 4.90 Å². The Balaban J connectivity index is 3.17. The molecule has 0 aliphatic heterocycles. The first kappa shape index (κ1) is 10.6. The Morgan fingerprint density at radius 1 is 1.15 bits per heavy atom. The average molecular weight is 220 g/mol. The molecular weight excluding hydrogens is 211 g/mol. The maximum atomic E-state index is 11.2. The van der Waals surface area contributed by atoms with Gasteiger partial charge in [0.15, 0.2) is 0 Å². The van der Waals surface area contributed by atoms with Crippen LogP contribution in [0.25, 0.3) is 0 Å². The first-order chi connectivity index (χ1) is 5.94. The fraction of sp³-hybridized carbons (Fsp3) is 0.143. The van der Waals surface area contributed by atoms with E-state index in [9.17, 15) is 8.42 Å². The van der Waals surface area contributed by atoms with E-state index in [1.807, 2.05) is 6.92 Å². The summed E-state index contributed by atoms with van der Waals surface area (Å²) in [6.45, 7) is 1.82. The highest BCUT2D eigenvalue weighted by molar-refractivity contribution is 8.46. The molecule has 0 aliphatic rings. The molecule has 13 heavy (non-hydrogen) atoms. The predicted molar refractivity (Wildman–Crippen MR) is 49.7 cm³/mol. The second-order valence-electron chi connectivity index (χ2n) is 2.54. The van der Waals surface area contributed by atoms with Gasteiger partial charge in [0.25, 0.3) is 0 Å². The third-order valence-corrected chi connectivity index (χ3v) is 4.75. The highest BCUT2D eigenvalue weighted by Gasteiger charge is 2.23. The van der Waals surface area contributed by atoms with Crippen molar-refractivity contribution in [2.24, 2.45) is 0 Å². The molecule has 0 saturated heterocycles. The van der Waals surface area contributed by atoms with Crippen LogP contribution in [0.5, 0.6) is 0 Å². The van der Waals surface area contributed by atoms with Crippen LogP contribution in [0.15, 0.2) is 29.2 Å². The van der Waals surface area contributed by atoms with Crippen LogP contribution in [-0.2, 0) is 9.46 Å². The normalized spacial score (nSPS) is 12.0. The molecule has 0 heterocycles. The van der Waals surface area contributed by atoms with Crippen LogP contribution in [-0.4, -0.2) is 18.2 Å². The Hall–Kier alpha value is -0.480. The van der Waals surface area contributed by atoms with Crippen LogP contribution < -0.4 is 0 Å². The number of rotatable bonds is 2. The van der Waals surface area contributed by atoms with E-state index >= 15 is 0 Å². The van der Waals surface area contributed by atoms with Gasteiger partial charge in [-0.05, 0) is 19.1 Å². The lowest BCUT2D eigenvalue weighted by Gasteiger charge is -2.04. The molecule has 0 aliphatic carbocycles. The van der Waals surface area contributed by atoms with Gasteiger partial charge >= 0.3 is 7.58 Å². The summed E-state index contributed by atoms with van der Waals surface area (Å²) < 4.78 is 22.3. The molecular formula is C7H9O4PS. The van der Waals surface area contributed by atoms with Crippen molar-refractivity contribution in [2.75, 3.05) is 0 Å². The quantitative estimate of drug-likeness (QED) is 0.728. The van der Waals surface area contributed by atoms with E-state index in [2.05, 4.69) is 0 Å². The summed E-state index contributed by atoms with van der Waals surface area (Å²) in [5.74, 6) is 0. The van der Waals surface area contributed by atoms with Gasteiger partial charge in [0.1, 0.15) is 0 Å². The fourth-order valence-corrected chi connectivity index (χ4v) is 2.40. The molecule has 0 spiro atoms. The summed E-state index contributed by atoms with van der Waals surface area (Å²) in [7, 11) is -6.88. The molecule has 6 heteroatoms. The fourth-order valence-electron chi connectivity index (χ4n) is 0.805. The van der Waals surface area contributed by atoms with E-state index in [0.29, 0.717) is 0 Å². The molecule has 0 unspecified atom stereocenters. The van der Waals surface area contributed by atoms with E-state index in [1.54, 1.807) is 12.1 Å². The Morgan fingerprint density at radius 2 is 1.62 bits per heavy atom. The lowest BCUT2D eigenvalue weighted by molar-refractivity contribution is 0.494. The highest BCUT2D eigenvalue weighted by atomic mass is 32.8. The molecule has 0 bridgehead atoms. The van der Waals surface area contributed by atoms with Gasteiger partial charge in [-0.2, -0.15) is 0 Å². The molecule has 1 aromatic carbocycles. The predicted octanol–water partition coefficient (Wildman–Crippen LogP) is 0.980. The van der Waals surface area contributed by atoms with Gasteiger partial charge in [-0.15, -0.1) is 0 Å². The average Bonchev–Trinajstić information content (AvgIpc) is 2.04. The number of aryl methyl sites for hydroxylation is 1. The maximum Gasteiger partial charge on any atom is 0.301 e. The van der Waals surface area contributed by atoms with Crippen LogP contribution in [0.4, 0.5) is 0 Å². The summed E-state index contributed by atoms with van der Waals surface area (Å²) in [5.41, 5.74) is 0.916. The first-order valence-corrected chi connectivity index (χ1v) is 6.78. The number of hydrogen-bond acceptors (Lipinski definition) is 4. The molecule has 0 saturated carbocycles. The Morgan fingerprint density at radius 3 is 2.00 bits per heavy atom. The van der Waals surface area contributed by atoms with Crippen molar-refractivity contribution in [3.8, 4) is 0 Å². The summed E-state index contributed by atoms with van der Waals surface area (Å²) in [4.78, 5) is 17.2. The maximum absolute atomic E-state index is 11.2. The monoisotopic (exact) mass is 220 g/mol. The van der Waals surface area contributed by atoms with Crippen LogP contribution in [0.1, 0.15) is 5.56 Å². The Labute approximate surface area is 77.4 Å². The molecule has 0 fully saturated rings. The van der Waals surface area contributed by atoms with E-state index in [-0.39, 0.29) is 4.90 Å². The van der Waals surface area contributed by atoms with E-state index in [0.717, 1.165) is 5.56 Å². The minimum Gasteiger partial charge on any atom is -0.338 e. The van der Waals surface area contributed by atoms with E-state index in [4.69, 9.17) is 9.79 Å². The first-order valence-electron chi connectivity index (χ1n) is 3.44. The van der Waals surface area contributed by atoms with Gasteiger partial charge in [0.2, 0.25) is 9.46 Å². The van der Waals surface area contributed by atoms with E-state index in [1.165, 1.54) is 12.1 Å². The highest BCUT2D eigenvalue weighted by Crippen LogP contribution is 2.38. The summed E-state index contributed by atoms with van der Waals surface area (Å²) in [6, 6.07) is 5.91. The third kappa shape index (κ3) is 2.25. The van der Waals surface area contributed by atoms with E-state index < -0.39 is 17.0 Å². The van der Waals surface area contributed by atoms with Crippen LogP contribution in [0.3, 0.4) is 0 Å². The molecule has 1 rings (SSSR count). The van der Waals surface area contributed by atoms with Crippen molar-refractivity contribution in [3.05, 3.63) is 29.8 Å². The summed E-state index contributed by atoms with van der Waals surface area (Å²) in [6.07, 6.45) is 0. The van der Waals surface area contributed by atoms with Gasteiger partial charge in [0, 0.05) is 0 Å². The molecule has 0 amide bonds. The topological polar surface area (TPSA) is 74.6 Å². The zero-order valence-electron chi connectivity index (χ0n) is 6.88. The standard InChI is InChI=1S/C7H9O4PS/c1-6-2-4-7(5-3-6)13(10,11)12(8)9/h2-5,8-9H,1H3. The molecule has 1 aromatic rings. The van der Waals surface area contributed by atoms with Gasteiger partial charge in [-0.3, -0.25) is 0 Å². The molecule has 0 radical (unpaired) electrons. The van der Waals surface area contributed by atoms with Crippen LogP contribution in [0.2, 0.25) is 0 Å². The largest absolute Gasteiger partial charge is 0.338 e. The molecule has 2 N–H and O–H groups in total. The zero-order valence-corrected chi connectivity index (χ0v) is 8.59. The van der Waals surface area contributed by atoms with Crippen molar-refractivity contribution >= 4 is 17.0 Å². The van der Waals surface area contributed by atoms with Crippen molar-refractivity contribution in [3.63, 3.8) is 0 Å². The molecule has 0 atom stereocenters. The second-order valence-corrected chi connectivity index (χ2v) is 6.89.